The SMILES string of the molecule is CC1(C)O[C@@H]2[C@@H](OC(C)(C)c3ccccc3)CC(=O)[C@@H]2O1. The van der Waals surface area contributed by atoms with Crippen molar-refractivity contribution in [3.05, 3.63) is 35.9 Å². The molecule has 0 radical (unpaired) electrons. The fourth-order valence-corrected chi connectivity index (χ4v) is 3.14. The zero-order valence-electron chi connectivity index (χ0n) is 13.0. The van der Waals surface area contributed by atoms with Gasteiger partial charge in [0.2, 0.25) is 0 Å². The van der Waals surface area contributed by atoms with E-state index in [9.17, 15) is 4.79 Å². The quantitative estimate of drug-likeness (QED) is 0.858. The number of ether oxygens (including phenoxy) is 3. The average Bonchev–Trinajstić information content (AvgIpc) is 2.86. The number of benzene rings is 1. The van der Waals surface area contributed by atoms with E-state index < -0.39 is 17.5 Å². The van der Waals surface area contributed by atoms with Crippen LogP contribution in [0.25, 0.3) is 0 Å². The minimum atomic E-state index is -0.718. The maximum atomic E-state index is 12.1. The van der Waals surface area contributed by atoms with Gasteiger partial charge in [-0.05, 0) is 33.3 Å². The summed E-state index contributed by atoms with van der Waals surface area (Å²) in [6, 6.07) is 10.0. The molecule has 0 aromatic heterocycles. The van der Waals surface area contributed by atoms with Crippen molar-refractivity contribution in [3.8, 4) is 0 Å². The number of hydrogen-bond acceptors (Lipinski definition) is 4. The number of hydrogen-bond donors (Lipinski definition) is 0. The summed E-state index contributed by atoms with van der Waals surface area (Å²) in [7, 11) is 0. The summed E-state index contributed by atoms with van der Waals surface area (Å²) in [4.78, 5) is 12.1. The van der Waals surface area contributed by atoms with E-state index in [1.807, 2.05) is 58.0 Å². The number of carbonyl (C=O) groups is 1. The molecule has 4 nitrogen and oxygen atoms in total. The fraction of sp³-hybridized carbons (Fsp3) is 0.588. The minimum absolute atomic E-state index is 0.0689. The zero-order chi connectivity index (χ0) is 15.3. The maximum Gasteiger partial charge on any atom is 0.167 e. The molecule has 1 aromatic carbocycles. The van der Waals surface area contributed by atoms with Gasteiger partial charge in [-0.1, -0.05) is 30.3 Å². The lowest BCUT2D eigenvalue weighted by Crippen LogP contribution is -2.36. The van der Waals surface area contributed by atoms with Gasteiger partial charge in [-0.3, -0.25) is 4.79 Å². The van der Waals surface area contributed by atoms with Crippen LogP contribution in [0.5, 0.6) is 0 Å². The normalized spacial score (nSPS) is 31.4. The van der Waals surface area contributed by atoms with E-state index in [1.54, 1.807) is 0 Å². The summed E-state index contributed by atoms with van der Waals surface area (Å²) in [5, 5.41) is 0. The molecule has 21 heavy (non-hydrogen) atoms. The molecular weight excluding hydrogens is 268 g/mol. The van der Waals surface area contributed by atoms with Crippen LogP contribution in [0.15, 0.2) is 30.3 Å². The third kappa shape index (κ3) is 2.76. The highest BCUT2D eigenvalue weighted by Crippen LogP contribution is 2.40. The van der Waals surface area contributed by atoms with Gasteiger partial charge in [-0.2, -0.15) is 0 Å². The number of fused-ring (bicyclic) bond motifs is 1. The lowest BCUT2D eigenvalue weighted by atomic mass is 9.97. The largest absolute Gasteiger partial charge is 0.364 e. The Hall–Kier alpha value is -1.23. The zero-order valence-corrected chi connectivity index (χ0v) is 13.0. The molecule has 4 heteroatoms. The van der Waals surface area contributed by atoms with Crippen LogP contribution >= 0.6 is 0 Å². The Bertz CT molecular complexity index is 535. The summed E-state index contributed by atoms with van der Waals surface area (Å²) in [6.45, 7) is 7.69. The van der Waals surface area contributed by atoms with Crippen LogP contribution < -0.4 is 0 Å². The third-order valence-corrected chi connectivity index (χ3v) is 4.13. The summed E-state index contributed by atoms with van der Waals surface area (Å²) in [5.74, 6) is -0.649. The highest BCUT2D eigenvalue weighted by molar-refractivity contribution is 5.87. The van der Waals surface area contributed by atoms with E-state index in [-0.39, 0.29) is 18.0 Å². The molecule has 2 aliphatic rings. The van der Waals surface area contributed by atoms with Crippen LogP contribution in [-0.4, -0.2) is 29.9 Å². The fourth-order valence-electron chi connectivity index (χ4n) is 3.14. The Kier molecular flexibility index (Phi) is 3.43. The average molecular weight is 290 g/mol. The molecule has 3 rings (SSSR count). The Balaban J connectivity index is 1.78. The van der Waals surface area contributed by atoms with Gasteiger partial charge in [-0.25, -0.2) is 0 Å². The van der Waals surface area contributed by atoms with Gasteiger partial charge in [0.05, 0.1) is 11.7 Å². The number of rotatable bonds is 3. The topological polar surface area (TPSA) is 44.8 Å². The molecule has 0 bridgehead atoms. The second kappa shape index (κ2) is 4.90. The van der Waals surface area contributed by atoms with Crippen LogP contribution in [0.3, 0.4) is 0 Å². The van der Waals surface area contributed by atoms with Crippen LogP contribution in [-0.2, 0) is 24.6 Å². The predicted octanol–water partition coefficient (Wildman–Crippen LogP) is 2.80. The third-order valence-electron chi connectivity index (χ3n) is 4.13. The monoisotopic (exact) mass is 290 g/mol. The molecule has 1 saturated heterocycles. The Morgan fingerprint density at radius 1 is 1.19 bits per heavy atom. The summed E-state index contributed by atoms with van der Waals surface area (Å²) >= 11 is 0. The highest BCUT2D eigenvalue weighted by atomic mass is 16.8. The highest BCUT2D eigenvalue weighted by Gasteiger charge is 2.55. The summed E-state index contributed by atoms with van der Waals surface area (Å²) < 4.78 is 17.8. The van der Waals surface area contributed by atoms with Crippen molar-refractivity contribution in [3.63, 3.8) is 0 Å². The first-order valence-electron chi connectivity index (χ1n) is 7.40. The van der Waals surface area contributed by atoms with Crippen molar-refractivity contribution < 1.29 is 19.0 Å². The predicted molar refractivity (Wildman–Crippen MR) is 77.8 cm³/mol. The smallest absolute Gasteiger partial charge is 0.167 e. The molecular formula is C17H22O4. The van der Waals surface area contributed by atoms with E-state index in [0.29, 0.717) is 6.42 Å². The van der Waals surface area contributed by atoms with E-state index in [1.165, 1.54) is 0 Å². The molecule has 0 N–H and O–H groups in total. The van der Waals surface area contributed by atoms with Crippen LogP contribution in [0, 0.1) is 0 Å². The number of ketones is 1. The van der Waals surface area contributed by atoms with Crippen LogP contribution in [0.4, 0.5) is 0 Å². The second-order valence-corrected chi connectivity index (χ2v) is 6.72. The first kappa shape index (κ1) is 14.7. The minimum Gasteiger partial charge on any atom is -0.364 e. The summed E-state index contributed by atoms with van der Waals surface area (Å²) in [5.41, 5.74) is 0.607. The maximum absolute atomic E-state index is 12.1. The Morgan fingerprint density at radius 3 is 2.52 bits per heavy atom. The lowest BCUT2D eigenvalue weighted by molar-refractivity contribution is -0.182. The Morgan fingerprint density at radius 2 is 1.86 bits per heavy atom. The van der Waals surface area contributed by atoms with Crippen molar-refractivity contribution in [2.45, 2.75) is 63.8 Å². The van der Waals surface area contributed by atoms with Gasteiger partial charge >= 0.3 is 0 Å². The first-order valence-corrected chi connectivity index (χ1v) is 7.40. The summed E-state index contributed by atoms with van der Waals surface area (Å²) in [6.07, 6.45) is -0.715. The van der Waals surface area contributed by atoms with Gasteiger partial charge in [0.15, 0.2) is 11.6 Å². The van der Waals surface area contributed by atoms with Crippen molar-refractivity contribution in [2.75, 3.05) is 0 Å². The van der Waals surface area contributed by atoms with Crippen LogP contribution in [0.1, 0.15) is 39.7 Å². The van der Waals surface area contributed by atoms with Crippen LogP contribution in [0.2, 0.25) is 0 Å². The molecule has 0 spiro atoms. The van der Waals surface area contributed by atoms with E-state index in [0.717, 1.165) is 5.56 Å². The van der Waals surface area contributed by atoms with Crippen molar-refractivity contribution >= 4 is 5.78 Å². The molecule has 0 unspecified atom stereocenters. The molecule has 1 heterocycles. The molecule has 0 amide bonds. The molecule has 1 aliphatic carbocycles. The van der Waals surface area contributed by atoms with Gasteiger partial charge in [0.25, 0.3) is 0 Å². The van der Waals surface area contributed by atoms with Gasteiger partial charge in [0.1, 0.15) is 12.2 Å². The molecule has 3 atom stereocenters. The van der Waals surface area contributed by atoms with E-state index in [2.05, 4.69) is 0 Å². The van der Waals surface area contributed by atoms with E-state index >= 15 is 0 Å². The van der Waals surface area contributed by atoms with Gasteiger partial charge < -0.3 is 14.2 Å². The van der Waals surface area contributed by atoms with E-state index in [4.69, 9.17) is 14.2 Å². The van der Waals surface area contributed by atoms with Gasteiger partial charge in [-0.15, -0.1) is 0 Å². The second-order valence-electron chi connectivity index (χ2n) is 6.72. The molecule has 2 fully saturated rings. The molecule has 1 saturated carbocycles. The standard InChI is InChI=1S/C17H22O4/c1-16(2,11-8-6-5-7-9-11)19-13-10-12(18)14-15(13)21-17(3,4)20-14/h5-9,13-15H,10H2,1-4H3/t13-,14-,15+/m0/s1. The molecule has 114 valence electrons. The van der Waals surface area contributed by atoms with Gasteiger partial charge in [0, 0.05) is 6.42 Å². The molecule has 1 aromatic rings. The van der Waals surface area contributed by atoms with Crippen molar-refractivity contribution in [2.24, 2.45) is 0 Å². The Labute approximate surface area is 125 Å². The molecule has 1 aliphatic heterocycles. The van der Waals surface area contributed by atoms with Crippen molar-refractivity contribution in [1.29, 1.82) is 0 Å². The lowest BCUT2D eigenvalue weighted by Gasteiger charge is -2.32. The van der Waals surface area contributed by atoms with Crippen molar-refractivity contribution in [1.82, 2.24) is 0 Å². The number of carbonyl (C=O) groups excluding carboxylic acids is 1. The first-order chi connectivity index (χ1) is 9.78. The number of Topliss-reactive ketones (excluding diaryl/α,β-unsaturated/α-hetero) is 1.